The zero-order chi connectivity index (χ0) is 14.1. The molecule has 5 heteroatoms. The van der Waals surface area contributed by atoms with Gasteiger partial charge in [0.05, 0.1) is 21.7 Å². The lowest BCUT2D eigenvalue weighted by atomic mass is 9.85. The van der Waals surface area contributed by atoms with Gasteiger partial charge < -0.3 is 16.2 Å². The number of nitrogens with two attached hydrogens (primary N) is 1. The van der Waals surface area contributed by atoms with Crippen LogP contribution < -0.4 is 11.1 Å². The van der Waals surface area contributed by atoms with E-state index in [2.05, 4.69) is 5.32 Å². The van der Waals surface area contributed by atoms with E-state index in [0.717, 1.165) is 0 Å². The van der Waals surface area contributed by atoms with Gasteiger partial charge in [-0.1, -0.05) is 11.6 Å². The Labute approximate surface area is 112 Å². The molecule has 0 bridgehead atoms. The van der Waals surface area contributed by atoms with E-state index in [1.807, 2.05) is 0 Å². The van der Waals surface area contributed by atoms with Gasteiger partial charge in [0.2, 0.25) is 0 Å². The molecule has 4 N–H and O–H groups in total. The molecule has 0 saturated heterocycles. The highest BCUT2D eigenvalue weighted by Gasteiger charge is 2.36. The standard InChI is InChI=1S/C13H19ClN2O2/c1-12(2,13(3,4)18)16-11(17)9-7-8(15)5-6-10(9)14/h5-7,18H,15H2,1-4H3,(H,16,17). The number of nitrogen functional groups attached to an aromatic ring is 1. The van der Waals surface area contributed by atoms with E-state index in [9.17, 15) is 9.90 Å². The zero-order valence-corrected chi connectivity index (χ0v) is 11.8. The lowest BCUT2D eigenvalue weighted by molar-refractivity contribution is -0.00292. The van der Waals surface area contributed by atoms with Crippen LogP contribution in [0.15, 0.2) is 18.2 Å². The van der Waals surface area contributed by atoms with Crippen molar-refractivity contribution in [2.24, 2.45) is 0 Å². The monoisotopic (exact) mass is 270 g/mol. The van der Waals surface area contributed by atoms with Gasteiger partial charge in [-0.2, -0.15) is 0 Å². The topological polar surface area (TPSA) is 75.3 Å². The second-order valence-electron chi connectivity index (χ2n) is 5.38. The Morgan fingerprint density at radius 2 is 1.89 bits per heavy atom. The molecule has 0 unspecified atom stereocenters. The van der Waals surface area contributed by atoms with Crippen molar-refractivity contribution in [3.8, 4) is 0 Å². The lowest BCUT2D eigenvalue weighted by Gasteiger charge is -2.38. The van der Waals surface area contributed by atoms with Gasteiger partial charge in [-0.05, 0) is 45.9 Å². The van der Waals surface area contributed by atoms with E-state index in [4.69, 9.17) is 17.3 Å². The SMILES string of the molecule is CC(C)(O)C(C)(C)NC(=O)c1cc(N)ccc1Cl. The van der Waals surface area contributed by atoms with E-state index in [0.29, 0.717) is 16.3 Å². The van der Waals surface area contributed by atoms with Gasteiger partial charge >= 0.3 is 0 Å². The highest BCUT2D eigenvalue weighted by molar-refractivity contribution is 6.34. The van der Waals surface area contributed by atoms with Crippen LogP contribution in [0.4, 0.5) is 5.69 Å². The summed E-state index contributed by atoms with van der Waals surface area (Å²) >= 11 is 5.96. The Morgan fingerprint density at radius 1 is 1.33 bits per heavy atom. The number of carbonyl (C=O) groups is 1. The second kappa shape index (κ2) is 4.78. The number of anilines is 1. The van der Waals surface area contributed by atoms with Crippen molar-refractivity contribution in [1.82, 2.24) is 5.32 Å². The smallest absolute Gasteiger partial charge is 0.253 e. The van der Waals surface area contributed by atoms with Crippen molar-refractivity contribution in [2.45, 2.75) is 38.8 Å². The van der Waals surface area contributed by atoms with Crippen LogP contribution in [0.2, 0.25) is 5.02 Å². The number of carbonyl (C=O) groups excluding carboxylic acids is 1. The van der Waals surface area contributed by atoms with E-state index in [1.165, 1.54) is 6.07 Å². The third kappa shape index (κ3) is 3.15. The summed E-state index contributed by atoms with van der Waals surface area (Å²) in [7, 11) is 0. The van der Waals surface area contributed by atoms with Crippen LogP contribution in [-0.2, 0) is 0 Å². The van der Waals surface area contributed by atoms with Crippen LogP contribution in [0.5, 0.6) is 0 Å². The van der Waals surface area contributed by atoms with Crippen LogP contribution >= 0.6 is 11.6 Å². The van der Waals surface area contributed by atoms with Gasteiger partial charge in [-0.15, -0.1) is 0 Å². The van der Waals surface area contributed by atoms with Crippen molar-refractivity contribution in [1.29, 1.82) is 0 Å². The Hall–Kier alpha value is -1.26. The van der Waals surface area contributed by atoms with Crippen LogP contribution in [0.1, 0.15) is 38.1 Å². The van der Waals surface area contributed by atoms with Gasteiger partial charge in [-0.25, -0.2) is 0 Å². The van der Waals surface area contributed by atoms with Crippen LogP contribution in [0, 0.1) is 0 Å². The fraction of sp³-hybridized carbons (Fsp3) is 0.462. The van der Waals surface area contributed by atoms with E-state index >= 15 is 0 Å². The van der Waals surface area contributed by atoms with E-state index in [-0.39, 0.29) is 5.91 Å². The number of aliphatic hydroxyl groups is 1. The van der Waals surface area contributed by atoms with E-state index < -0.39 is 11.1 Å². The van der Waals surface area contributed by atoms with Gasteiger partial charge in [0.1, 0.15) is 0 Å². The Balaban J connectivity index is 3.00. The summed E-state index contributed by atoms with van der Waals surface area (Å²) in [4.78, 5) is 12.1. The Kier molecular flexibility index (Phi) is 3.93. The molecule has 0 saturated carbocycles. The van der Waals surface area contributed by atoms with Crippen LogP contribution in [0.3, 0.4) is 0 Å². The molecule has 0 aliphatic rings. The first-order valence-corrected chi connectivity index (χ1v) is 6.02. The van der Waals surface area contributed by atoms with Gasteiger partial charge in [-0.3, -0.25) is 4.79 Å². The van der Waals surface area contributed by atoms with Gasteiger partial charge in [0, 0.05) is 5.69 Å². The summed E-state index contributed by atoms with van der Waals surface area (Å²) in [5.41, 5.74) is 4.54. The third-order valence-electron chi connectivity index (χ3n) is 3.19. The quantitative estimate of drug-likeness (QED) is 0.737. The Morgan fingerprint density at radius 3 is 2.39 bits per heavy atom. The number of nitrogens with one attached hydrogen (secondary N) is 1. The number of halogens is 1. The molecule has 0 atom stereocenters. The van der Waals surface area contributed by atoms with Gasteiger partial charge in [0.25, 0.3) is 5.91 Å². The predicted octanol–water partition coefficient (Wildman–Crippen LogP) is 2.20. The molecule has 0 spiro atoms. The summed E-state index contributed by atoms with van der Waals surface area (Å²) in [6.07, 6.45) is 0. The largest absolute Gasteiger partial charge is 0.399 e. The first-order chi connectivity index (χ1) is 8.04. The fourth-order valence-electron chi connectivity index (χ4n) is 1.22. The second-order valence-corrected chi connectivity index (χ2v) is 5.78. The highest BCUT2D eigenvalue weighted by Crippen LogP contribution is 2.23. The minimum absolute atomic E-state index is 0.300. The predicted molar refractivity (Wildman–Crippen MR) is 73.7 cm³/mol. The van der Waals surface area contributed by atoms with E-state index in [1.54, 1.807) is 39.8 Å². The molecule has 1 aromatic rings. The number of amides is 1. The molecular weight excluding hydrogens is 252 g/mol. The van der Waals surface area contributed by atoms with Crippen molar-refractivity contribution >= 4 is 23.2 Å². The molecule has 1 rings (SSSR count). The lowest BCUT2D eigenvalue weighted by Crippen LogP contribution is -2.57. The molecule has 0 heterocycles. The minimum atomic E-state index is -1.06. The first kappa shape index (κ1) is 14.8. The van der Waals surface area contributed by atoms with Crippen molar-refractivity contribution < 1.29 is 9.90 Å². The number of hydrogen-bond acceptors (Lipinski definition) is 3. The van der Waals surface area contributed by atoms with Crippen LogP contribution in [0.25, 0.3) is 0 Å². The van der Waals surface area contributed by atoms with Gasteiger partial charge in [0.15, 0.2) is 0 Å². The molecule has 0 fully saturated rings. The molecule has 0 aliphatic heterocycles. The number of rotatable bonds is 3. The molecule has 0 aromatic heterocycles. The van der Waals surface area contributed by atoms with Crippen molar-refractivity contribution in [3.63, 3.8) is 0 Å². The number of benzene rings is 1. The summed E-state index contributed by atoms with van der Waals surface area (Å²) in [6.45, 7) is 6.75. The first-order valence-electron chi connectivity index (χ1n) is 5.64. The zero-order valence-electron chi connectivity index (χ0n) is 11.0. The minimum Gasteiger partial charge on any atom is -0.399 e. The molecule has 18 heavy (non-hydrogen) atoms. The molecular formula is C13H19ClN2O2. The summed E-state index contributed by atoms with van der Waals surface area (Å²) in [5, 5.41) is 13.1. The molecule has 1 aromatic carbocycles. The van der Waals surface area contributed by atoms with Crippen molar-refractivity contribution in [3.05, 3.63) is 28.8 Å². The summed E-state index contributed by atoms with van der Waals surface area (Å²) in [5.74, 6) is -0.362. The normalized spacial score (nSPS) is 12.3. The maximum Gasteiger partial charge on any atom is 0.253 e. The van der Waals surface area contributed by atoms with Crippen LogP contribution in [-0.4, -0.2) is 22.2 Å². The molecule has 100 valence electrons. The number of hydrogen-bond donors (Lipinski definition) is 3. The Bertz CT molecular complexity index is 465. The third-order valence-corrected chi connectivity index (χ3v) is 3.52. The molecule has 1 amide bonds. The highest BCUT2D eigenvalue weighted by atomic mass is 35.5. The molecule has 4 nitrogen and oxygen atoms in total. The maximum atomic E-state index is 12.1. The molecule has 0 radical (unpaired) electrons. The average molecular weight is 271 g/mol. The summed E-state index contributed by atoms with van der Waals surface area (Å²) < 4.78 is 0. The van der Waals surface area contributed by atoms with Crippen molar-refractivity contribution in [2.75, 3.05) is 5.73 Å². The maximum absolute atomic E-state index is 12.1. The average Bonchev–Trinajstić information content (AvgIpc) is 2.19. The summed E-state index contributed by atoms with van der Waals surface area (Å²) in [6, 6.07) is 4.71. The molecule has 0 aliphatic carbocycles. The fourth-order valence-corrected chi connectivity index (χ4v) is 1.42.